The van der Waals surface area contributed by atoms with Crippen LogP contribution in [-0.4, -0.2) is 38.7 Å². The molecule has 1 aliphatic heterocycles. The quantitative estimate of drug-likeness (QED) is 0.898. The zero-order valence-corrected chi connectivity index (χ0v) is 12.3. The van der Waals surface area contributed by atoms with Gasteiger partial charge in [0.05, 0.1) is 30.5 Å². The van der Waals surface area contributed by atoms with Crippen LogP contribution in [0.15, 0.2) is 23.0 Å². The summed E-state index contributed by atoms with van der Waals surface area (Å²) in [6.45, 7) is 2.58. The van der Waals surface area contributed by atoms with Crippen molar-refractivity contribution in [3.63, 3.8) is 0 Å². The SMILES string of the molecule is NC(=O)c1cnn(C2CCN(Cc3ncc(C4CC4)o3)C2)c1. The zero-order chi connectivity index (χ0) is 15.1. The Hall–Kier alpha value is -2.15. The van der Waals surface area contributed by atoms with Crippen molar-refractivity contribution in [2.24, 2.45) is 5.73 Å². The Bertz CT molecular complexity index is 688. The lowest BCUT2D eigenvalue weighted by Gasteiger charge is -2.14. The molecular formula is C15H19N5O2. The van der Waals surface area contributed by atoms with Gasteiger partial charge in [0.1, 0.15) is 5.76 Å². The molecule has 116 valence electrons. The van der Waals surface area contributed by atoms with Gasteiger partial charge in [0.2, 0.25) is 5.89 Å². The zero-order valence-electron chi connectivity index (χ0n) is 12.3. The highest BCUT2D eigenvalue weighted by Crippen LogP contribution is 2.40. The Morgan fingerprint density at radius 3 is 2.95 bits per heavy atom. The summed E-state index contributed by atoms with van der Waals surface area (Å²) in [6, 6.07) is 0.269. The lowest BCUT2D eigenvalue weighted by molar-refractivity contribution is 0.1000. The molecule has 1 atom stereocenters. The normalized spacial score (nSPS) is 22.3. The molecule has 0 radical (unpaired) electrons. The third-order valence-electron chi connectivity index (χ3n) is 4.42. The summed E-state index contributed by atoms with van der Waals surface area (Å²) in [6.07, 6.45) is 8.57. The number of hydrogen-bond acceptors (Lipinski definition) is 5. The average molecular weight is 301 g/mol. The van der Waals surface area contributed by atoms with Crippen molar-refractivity contribution >= 4 is 5.91 Å². The van der Waals surface area contributed by atoms with E-state index in [0.717, 1.165) is 37.7 Å². The van der Waals surface area contributed by atoms with Gasteiger partial charge in [0.15, 0.2) is 0 Å². The van der Waals surface area contributed by atoms with E-state index in [1.54, 1.807) is 6.20 Å². The van der Waals surface area contributed by atoms with Crippen molar-refractivity contribution in [3.8, 4) is 0 Å². The highest BCUT2D eigenvalue weighted by atomic mass is 16.4. The van der Waals surface area contributed by atoms with E-state index in [9.17, 15) is 4.79 Å². The maximum atomic E-state index is 11.1. The van der Waals surface area contributed by atoms with Crippen LogP contribution in [0.3, 0.4) is 0 Å². The Morgan fingerprint density at radius 1 is 1.36 bits per heavy atom. The molecule has 1 saturated carbocycles. The van der Waals surface area contributed by atoms with E-state index >= 15 is 0 Å². The summed E-state index contributed by atoms with van der Waals surface area (Å²) in [5.41, 5.74) is 5.72. The minimum atomic E-state index is -0.437. The van der Waals surface area contributed by atoms with Crippen molar-refractivity contribution < 1.29 is 9.21 Å². The molecular weight excluding hydrogens is 282 g/mol. The molecule has 1 aliphatic carbocycles. The molecule has 7 nitrogen and oxygen atoms in total. The van der Waals surface area contributed by atoms with Crippen molar-refractivity contribution in [1.29, 1.82) is 0 Å². The first-order chi connectivity index (χ1) is 10.7. The third kappa shape index (κ3) is 2.64. The highest BCUT2D eigenvalue weighted by molar-refractivity contribution is 5.92. The topological polar surface area (TPSA) is 90.2 Å². The van der Waals surface area contributed by atoms with Gasteiger partial charge in [-0.2, -0.15) is 5.10 Å². The van der Waals surface area contributed by atoms with Crippen LogP contribution < -0.4 is 5.73 Å². The predicted octanol–water partition coefficient (Wildman–Crippen LogP) is 1.29. The lowest BCUT2D eigenvalue weighted by atomic mass is 10.3. The van der Waals surface area contributed by atoms with Gasteiger partial charge in [-0.3, -0.25) is 14.4 Å². The summed E-state index contributed by atoms with van der Waals surface area (Å²) >= 11 is 0. The van der Waals surface area contributed by atoms with Gasteiger partial charge in [-0.05, 0) is 19.3 Å². The molecule has 7 heteroatoms. The van der Waals surface area contributed by atoms with Crippen molar-refractivity contribution in [1.82, 2.24) is 19.7 Å². The van der Waals surface area contributed by atoms with Gasteiger partial charge in [-0.15, -0.1) is 0 Å². The monoisotopic (exact) mass is 301 g/mol. The number of nitrogens with zero attached hydrogens (tertiary/aromatic N) is 4. The van der Waals surface area contributed by atoms with Crippen LogP contribution in [0.4, 0.5) is 0 Å². The second-order valence-corrected chi connectivity index (χ2v) is 6.18. The van der Waals surface area contributed by atoms with Gasteiger partial charge in [0, 0.05) is 25.2 Å². The van der Waals surface area contributed by atoms with Gasteiger partial charge < -0.3 is 10.2 Å². The summed E-state index contributed by atoms with van der Waals surface area (Å²) < 4.78 is 7.65. The Balaban J connectivity index is 1.37. The van der Waals surface area contributed by atoms with Crippen LogP contribution in [0, 0.1) is 0 Å². The first-order valence-electron chi connectivity index (χ1n) is 7.70. The lowest BCUT2D eigenvalue weighted by Crippen LogP contribution is -2.21. The Labute approximate surface area is 128 Å². The van der Waals surface area contributed by atoms with E-state index in [0.29, 0.717) is 11.5 Å². The van der Waals surface area contributed by atoms with Crippen LogP contribution in [0.2, 0.25) is 0 Å². The predicted molar refractivity (Wildman–Crippen MR) is 78.2 cm³/mol. The molecule has 1 unspecified atom stereocenters. The number of hydrogen-bond donors (Lipinski definition) is 1. The van der Waals surface area contributed by atoms with Crippen LogP contribution in [0.1, 0.15) is 53.2 Å². The number of carbonyl (C=O) groups excluding carboxylic acids is 1. The van der Waals surface area contributed by atoms with Gasteiger partial charge in [-0.1, -0.05) is 0 Å². The number of nitrogens with two attached hydrogens (primary N) is 1. The molecule has 1 amide bonds. The third-order valence-corrected chi connectivity index (χ3v) is 4.42. The summed E-state index contributed by atoms with van der Waals surface area (Å²) in [5.74, 6) is 1.99. The van der Waals surface area contributed by atoms with Gasteiger partial charge in [0.25, 0.3) is 5.91 Å². The number of amides is 1. The van der Waals surface area contributed by atoms with E-state index < -0.39 is 5.91 Å². The van der Waals surface area contributed by atoms with Crippen molar-refractivity contribution in [2.45, 2.75) is 37.8 Å². The van der Waals surface area contributed by atoms with E-state index in [1.165, 1.54) is 19.0 Å². The molecule has 0 bridgehead atoms. The fourth-order valence-corrected chi connectivity index (χ4v) is 2.98. The van der Waals surface area contributed by atoms with Gasteiger partial charge in [-0.25, -0.2) is 4.98 Å². The van der Waals surface area contributed by atoms with Crippen LogP contribution in [-0.2, 0) is 6.54 Å². The fraction of sp³-hybridized carbons (Fsp3) is 0.533. The fourth-order valence-electron chi connectivity index (χ4n) is 2.98. The van der Waals surface area contributed by atoms with E-state index in [2.05, 4.69) is 15.0 Å². The minimum Gasteiger partial charge on any atom is -0.444 e. The standard InChI is InChI=1S/C15H19N5O2/c16-15(21)11-5-18-20(7-11)12-3-4-19(8-12)9-14-17-6-13(22-14)10-1-2-10/h5-7,10,12H,1-4,8-9H2,(H2,16,21). The summed E-state index contributed by atoms with van der Waals surface area (Å²) in [4.78, 5) is 17.8. The first kappa shape index (κ1) is 13.5. The maximum absolute atomic E-state index is 11.1. The summed E-state index contributed by atoms with van der Waals surface area (Å²) in [5, 5.41) is 4.25. The van der Waals surface area contributed by atoms with E-state index in [4.69, 9.17) is 10.2 Å². The average Bonchev–Trinajstić information content (AvgIpc) is 2.96. The van der Waals surface area contributed by atoms with Crippen LogP contribution in [0.25, 0.3) is 0 Å². The number of oxazole rings is 1. The maximum Gasteiger partial charge on any atom is 0.251 e. The minimum absolute atomic E-state index is 0.269. The molecule has 2 fully saturated rings. The van der Waals surface area contributed by atoms with Crippen molar-refractivity contribution in [3.05, 3.63) is 35.8 Å². The number of likely N-dealkylation sites (tertiary alicyclic amines) is 1. The second-order valence-electron chi connectivity index (χ2n) is 6.18. The molecule has 0 spiro atoms. The van der Waals surface area contributed by atoms with E-state index in [-0.39, 0.29) is 6.04 Å². The summed E-state index contributed by atoms with van der Waals surface area (Å²) in [7, 11) is 0. The smallest absolute Gasteiger partial charge is 0.251 e. The molecule has 3 heterocycles. The second kappa shape index (κ2) is 5.24. The van der Waals surface area contributed by atoms with Crippen molar-refractivity contribution in [2.75, 3.05) is 13.1 Å². The first-order valence-corrected chi connectivity index (χ1v) is 7.70. The molecule has 2 aromatic rings. The molecule has 2 aliphatic rings. The van der Waals surface area contributed by atoms with Crippen LogP contribution >= 0.6 is 0 Å². The van der Waals surface area contributed by atoms with E-state index in [1.807, 2.05) is 10.9 Å². The molecule has 2 N–H and O–H groups in total. The number of aromatic nitrogens is 3. The Morgan fingerprint density at radius 2 is 2.23 bits per heavy atom. The van der Waals surface area contributed by atoms with Crippen LogP contribution in [0.5, 0.6) is 0 Å². The molecule has 22 heavy (non-hydrogen) atoms. The molecule has 1 saturated heterocycles. The molecule has 2 aromatic heterocycles. The number of rotatable bonds is 5. The number of carbonyl (C=O) groups is 1. The number of primary amides is 1. The Kier molecular flexibility index (Phi) is 3.22. The van der Waals surface area contributed by atoms with Gasteiger partial charge >= 0.3 is 0 Å². The molecule has 0 aromatic carbocycles. The highest BCUT2D eigenvalue weighted by Gasteiger charge is 2.29. The largest absolute Gasteiger partial charge is 0.444 e. The molecule has 4 rings (SSSR count).